The molecule has 1 aliphatic rings. The number of carbonyl (C=O) groups excluding carboxylic acids is 2. The number of hydrogen-bond acceptors (Lipinski definition) is 5. The fourth-order valence-corrected chi connectivity index (χ4v) is 3.62. The van der Waals surface area contributed by atoms with Crippen LogP contribution in [-0.2, 0) is 4.74 Å². The van der Waals surface area contributed by atoms with E-state index >= 15 is 0 Å². The Morgan fingerprint density at radius 3 is 2.53 bits per heavy atom. The molecule has 2 aromatic rings. The van der Waals surface area contributed by atoms with E-state index in [9.17, 15) is 9.59 Å². The summed E-state index contributed by atoms with van der Waals surface area (Å²) in [4.78, 5) is 26.4. The van der Waals surface area contributed by atoms with Crippen LogP contribution in [0.25, 0.3) is 5.69 Å². The summed E-state index contributed by atoms with van der Waals surface area (Å²) in [5.74, 6) is 0.0990. The molecule has 0 atom stereocenters. The van der Waals surface area contributed by atoms with Crippen molar-refractivity contribution in [3.05, 3.63) is 42.2 Å². The number of carbonyl (C=O) groups is 2. The van der Waals surface area contributed by atoms with Gasteiger partial charge in [-0.2, -0.15) is 5.10 Å². The van der Waals surface area contributed by atoms with E-state index < -0.39 is 5.97 Å². The van der Waals surface area contributed by atoms with Crippen molar-refractivity contribution in [1.82, 2.24) is 20.0 Å². The first-order chi connectivity index (χ1) is 14.6. The zero-order chi connectivity index (χ0) is 21.3. The predicted octanol–water partition coefficient (Wildman–Crippen LogP) is 3.29. The highest BCUT2D eigenvalue weighted by molar-refractivity contribution is 5.89. The van der Waals surface area contributed by atoms with E-state index in [0.29, 0.717) is 24.8 Å². The molecule has 0 radical (unpaired) electrons. The summed E-state index contributed by atoms with van der Waals surface area (Å²) in [6, 6.07) is 8.71. The van der Waals surface area contributed by atoms with Crippen LogP contribution in [0.4, 0.5) is 10.5 Å². The zero-order valence-electron chi connectivity index (χ0n) is 17.8. The van der Waals surface area contributed by atoms with Crippen LogP contribution in [0.5, 0.6) is 0 Å². The fourth-order valence-electron chi connectivity index (χ4n) is 3.62. The number of aromatic nitrogens is 2. The number of benzene rings is 1. The molecule has 1 aromatic heterocycles. The Labute approximate surface area is 177 Å². The maximum atomic E-state index is 12.2. The summed E-state index contributed by atoms with van der Waals surface area (Å²) in [7, 11) is 0. The summed E-state index contributed by atoms with van der Waals surface area (Å²) < 4.78 is 6.55. The minimum Gasteiger partial charge on any atom is -0.461 e. The molecule has 0 bridgehead atoms. The lowest BCUT2D eigenvalue weighted by Gasteiger charge is -2.31. The number of esters is 1. The molecule has 0 spiro atoms. The fraction of sp³-hybridized carbons (Fsp3) is 0.500. The molecule has 1 fully saturated rings. The van der Waals surface area contributed by atoms with Gasteiger partial charge in [0.15, 0.2) is 5.69 Å². The van der Waals surface area contributed by atoms with Gasteiger partial charge in [-0.15, -0.1) is 0 Å². The number of urea groups is 1. The highest BCUT2D eigenvalue weighted by Crippen LogP contribution is 2.17. The number of anilines is 1. The van der Waals surface area contributed by atoms with Crippen molar-refractivity contribution >= 4 is 17.7 Å². The molecule has 2 N–H and O–H groups in total. The summed E-state index contributed by atoms with van der Waals surface area (Å²) in [5, 5.41) is 10.1. The second-order valence-corrected chi connectivity index (χ2v) is 7.53. The number of rotatable bonds is 8. The van der Waals surface area contributed by atoms with Gasteiger partial charge >= 0.3 is 12.0 Å². The molecule has 2 heterocycles. The molecule has 0 saturated carbocycles. The van der Waals surface area contributed by atoms with Crippen molar-refractivity contribution in [2.75, 3.05) is 38.1 Å². The largest absolute Gasteiger partial charge is 0.461 e. The molecule has 0 aliphatic carbocycles. The molecule has 1 aliphatic heterocycles. The summed E-state index contributed by atoms with van der Waals surface area (Å²) >= 11 is 0. The first kappa shape index (κ1) is 21.8. The van der Waals surface area contributed by atoms with Crippen LogP contribution in [0, 0.1) is 5.92 Å². The highest BCUT2D eigenvalue weighted by Gasteiger charge is 2.19. The Hall–Kier alpha value is -2.87. The van der Waals surface area contributed by atoms with Crippen molar-refractivity contribution in [1.29, 1.82) is 0 Å². The Kier molecular flexibility index (Phi) is 7.84. The normalized spacial score (nSPS) is 15.0. The van der Waals surface area contributed by atoms with Gasteiger partial charge in [-0.3, -0.25) is 0 Å². The Balaban J connectivity index is 1.45. The second kappa shape index (κ2) is 10.8. The first-order valence-corrected chi connectivity index (χ1v) is 10.7. The predicted molar refractivity (Wildman–Crippen MR) is 116 cm³/mol. The Bertz CT molecular complexity index is 826. The smallest absolute Gasteiger partial charge is 0.358 e. The third-order valence-electron chi connectivity index (χ3n) is 5.26. The molecule has 162 valence electrons. The molecule has 1 saturated heterocycles. The Morgan fingerprint density at radius 2 is 1.87 bits per heavy atom. The van der Waals surface area contributed by atoms with E-state index in [1.54, 1.807) is 23.9 Å². The average Bonchev–Trinajstić information content (AvgIpc) is 3.25. The molecule has 30 heavy (non-hydrogen) atoms. The van der Waals surface area contributed by atoms with Gasteiger partial charge in [-0.05, 0) is 82.1 Å². The minimum absolute atomic E-state index is 0.192. The standard InChI is InChI=1S/C22H31N5O3/c1-3-12-26-13-9-17(10-14-26)16-23-22(29)24-18-5-7-19(8-6-18)27-15-11-20(25-27)21(28)30-4-2/h5-8,11,15,17H,3-4,9-10,12-14,16H2,1-2H3,(H2,23,24,29). The SMILES string of the molecule is CCCN1CCC(CNC(=O)Nc2ccc(-n3ccc(C(=O)OCC)n3)cc2)CC1. The number of nitrogens with one attached hydrogen (secondary N) is 2. The van der Waals surface area contributed by atoms with E-state index in [-0.39, 0.29) is 11.7 Å². The van der Waals surface area contributed by atoms with E-state index in [2.05, 4.69) is 27.6 Å². The van der Waals surface area contributed by atoms with Gasteiger partial charge in [0.2, 0.25) is 0 Å². The first-order valence-electron chi connectivity index (χ1n) is 10.7. The van der Waals surface area contributed by atoms with Crippen LogP contribution in [0.15, 0.2) is 36.5 Å². The van der Waals surface area contributed by atoms with Gasteiger partial charge in [0.05, 0.1) is 12.3 Å². The van der Waals surface area contributed by atoms with Crippen LogP contribution in [0.1, 0.15) is 43.6 Å². The molecule has 0 unspecified atom stereocenters. The Morgan fingerprint density at radius 1 is 1.13 bits per heavy atom. The maximum Gasteiger partial charge on any atom is 0.358 e. The number of piperidine rings is 1. The number of nitrogens with zero attached hydrogens (tertiary/aromatic N) is 3. The van der Waals surface area contributed by atoms with Gasteiger partial charge in [-0.1, -0.05) is 6.92 Å². The van der Waals surface area contributed by atoms with E-state index in [1.807, 2.05) is 24.3 Å². The van der Waals surface area contributed by atoms with Crippen LogP contribution in [0.3, 0.4) is 0 Å². The van der Waals surface area contributed by atoms with Gasteiger partial charge in [0.25, 0.3) is 0 Å². The third-order valence-corrected chi connectivity index (χ3v) is 5.26. The van der Waals surface area contributed by atoms with Gasteiger partial charge in [-0.25, -0.2) is 14.3 Å². The van der Waals surface area contributed by atoms with Crippen molar-refractivity contribution in [3.8, 4) is 5.69 Å². The van der Waals surface area contributed by atoms with Crippen molar-refractivity contribution in [2.45, 2.75) is 33.1 Å². The lowest BCUT2D eigenvalue weighted by molar-refractivity contribution is 0.0519. The number of likely N-dealkylation sites (tertiary alicyclic amines) is 1. The monoisotopic (exact) mass is 413 g/mol. The molecule has 8 heteroatoms. The van der Waals surface area contributed by atoms with Crippen LogP contribution < -0.4 is 10.6 Å². The second-order valence-electron chi connectivity index (χ2n) is 7.53. The summed E-state index contributed by atoms with van der Waals surface area (Å²) in [6.07, 6.45) is 5.16. The molecule has 2 amide bonds. The minimum atomic E-state index is -0.442. The number of ether oxygens (including phenoxy) is 1. The van der Waals surface area contributed by atoms with Gasteiger partial charge in [0.1, 0.15) is 0 Å². The van der Waals surface area contributed by atoms with Crippen molar-refractivity contribution < 1.29 is 14.3 Å². The molecular weight excluding hydrogens is 382 g/mol. The highest BCUT2D eigenvalue weighted by atomic mass is 16.5. The topological polar surface area (TPSA) is 88.5 Å². The molecule has 8 nitrogen and oxygen atoms in total. The third kappa shape index (κ3) is 6.06. The number of hydrogen-bond donors (Lipinski definition) is 2. The number of amides is 2. The molecule has 1 aromatic carbocycles. The van der Waals surface area contributed by atoms with Crippen LogP contribution in [0.2, 0.25) is 0 Å². The van der Waals surface area contributed by atoms with Crippen LogP contribution in [-0.4, -0.2) is 59.5 Å². The van der Waals surface area contributed by atoms with Crippen molar-refractivity contribution in [2.24, 2.45) is 5.92 Å². The zero-order valence-corrected chi connectivity index (χ0v) is 17.8. The summed E-state index contributed by atoms with van der Waals surface area (Å²) in [5.41, 5.74) is 1.75. The maximum absolute atomic E-state index is 12.2. The quantitative estimate of drug-likeness (QED) is 0.649. The van der Waals surface area contributed by atoms with Crippen LogP contribution >= 0.6 is 0 Å². The van der Waals surface area contributed by atoms with E-state index in [0.717, 1.165) is 31.6 Å². The van der Waals surface area contributed by atoms with E-state index in [1.165, 1.54) is 13.0 Å². The van der Waals surface area contributed by atoms with Gasteiger partial charge in [0, 0.05) is 18.4 Å². The summed E-state index contributed by atoms with van der Waals surface area (Å²) in [6.45, 7) is 8.38. The molecular formula is C22H31N5O3. The molecule has 3 rings (SSSR count). The average molecular weight is 414 g/mol. The van der Waals surface area contributed by atoms with Crippen molar-refractivity contribution in [3.63, 3.8) is 0 Å². The van der Waals surface area contributed by atoms with Gasteiger partial charge < -0.3 is 20.3 Å². The lowest BCUT2D eigenvalue weighted by Crippen LogP contribution is -2.40. The lowest BCUT2D eigenvalue weighted by atomic mass is 9.97. The van der Waals surface area contributed by atoms with E-state index in [4.69, 9.17) is 4.74 Å².